The summed E-state index contributed by atoms with van der Waals surface area (Å²) in [6.07, 6.45) is -2.22. The third-order valence-corrected chi connectivity index (χ3v) is 9.53. The predicted octanol–water partition coefficient (Wildman–Crippen LogP) is 4.34. The van der Waals surface area contributed by atoms with Gasteiger partial charge in [0.2, 0.25) is 5.91 Å². The monoisotopic (exact) mass is 605 g/mol. The number of azide groups is 1. The van der Waals surface area contributed by atoms with E-state index in [9.17, 15) is 14.4 Å². The van der Waals surface area contributed by atoms with Crippen molar-refractivity contribution in [2.24, 2.45) is 28.8 Å². The van der Waals surface area contributed by atoms with E-state index in [1.54, 1.807) is 31.4 Å². The molecule has 0 aromatic heterocycles. The summed E-state index contributed by atoms with van der Waals surface area (Å²) in [5.74, 6) is -0.962. The van der Waals surface area contributed by atoms with Gasteiger partial charge in [0.1, 0.15) is 24.2 Å². The fourth-order valence-electron chi connectivity index (χ4n) is 6.41. The first-order valence-electron chi connectivity index (χ1n) is 15.0. The molecule has 1 N–H and O–H groups in total. The number of hydrogen-bond donors (Lipinski definition) is 1. The van der Waals surface area contributed by atoms with Crippen molar-refractivity contribution < 1.29 is 33.3 Å². The molecule has 12 nitrogen and oxygen atoms in total. The molecule has 3 heterocycles. The highest BCUT2D eigenvalue weighted by molar-refractivity contribution is 6.21. The first-order chi connectivity index (χ1) is 21.2. The van der Waals surface area contributed by atoms with E-state index in [0.29, 0.717) is 17.7 Å². The number of fused-ring (bicyclic) bond motifs is 1. The average molecular weight is 606 g/mol. The first kappa shape index (κ1) is 31.5. The third-order valence-electron chi connectivity index (χ3n) is 9.53. The quantitative estimate of drug-likeness (QED) is 0.193. The molecule has 12 heteroatoms. The van der Waals surface area contributed by atoms with E-state index < -0.39 is 30.5 Å². The number of carbonyl (C=O) groups excluding carboxylic acids is 3. The summed E-state index contributed by atoms with van der Waals surface area (Å²) in [5.41, 5.74) is 10.7. The highest BCUT2D eigenvalue weighted by atomic mass is 16.5. The van der Waals surface area contributed by atoms with E-state index in [1.165, 1.54) is 4.90 Å². The molecule has 234 valence electrons. The van der Waals surface area contributed by atoms with E-state index >= 15 is 0 Å². The van der Waals surface area contributed by atoms with Gasteiger partial charge in [0, 0.05) is 10.8 Å². The van der Waals surface area contributed by atoms with Crippen LogP contribution in [0.2, 0.25) is 0 Å². The van der Waals surface area contributed by atoms with Gasteiger partial charge in [0.25, 0.3) is 11.8 Å². The van der Waals surface area contributed by atoms with Crippen molar-refractivity contribution in [3.05, 3.63) is 75.7 Å². The molecule has 2 aromatic rings. The predicted molar refractivity (Wildman–Crippen MR) is 160 cm³/mol. The van der Waals surface area contributed by atoms with Crippen LogP contribution in [0, 0.1) is 23.7 Å². The molecule has 2 fully saturated rings. The average Bonchev–Trinajstić information content (AvgIpc) is 3.28. The van der Waals surface area contributed by atoms with Crippen LogP contribution in [0.3, 0.4) is 0 Å². The standard InChI is InChI=1S/C32H39N5O7/c1-17-18(2)28(44-30(19(17)3)35-36-33)29(38)34-27-20(4)25(37-31(39)23-8-6-7-9-24(23)32(37)40)15-43-26(27)16-42-14-21-10-12-22(41-5)13-11-21/h6-13,17-20,25-28,30H,14-16H2,1-5H3,(H,34,38)/t17-,18-,19?,20+,25?,26?,27+,28?,30+/m0/s1. The van der Waals surface area contributed by atoms with Crippen molar-refractivity contribution in [3.8, 4) is 5.75 Å². The Morgan fingerprint density at radius 1 is 1.00 bits per heavy atom. The maximum atomic E-state index is 13.8. The van der Waals surface area contributed by atoms with Crippen molar-refractivity contribution in [1.29, 1.82) is 0 Å². The molecule has 9 atom stereocenters. The van der Waals surface area contributed by atoms with Crippen molar-refractivity contribution in [1.82, 2.24) is 10.2 Å². The molecule has 0 aliphatic carbocycles. The number of amides is 3. The minimum Gasteiger partial charge on any atom is -0.497 e. The maximum Gasteiger partial charge on any atom is 0.261 e. The highest BCUT2D eigenvalue weighted by Crippen LogP contribution is 2.37. The molecular weight excluding hydrogens is 566 g/mol. The van der Waals surface area contributed by atoms with Gasteiger partial charge in [-0.2, -0.15) is 0 Å². The third kappa shape index (κ3) is 6.03. The van der Waals surface area contributed by atoms with Crippen LogP contribution in [0.4, 0.5) is 0 Å². The zero-order valence-corrected chi connectivity index (χ0v) is 25.6. The largest absolute Gasteiger partial charge is 0.497 e. The van der Waals surface area contributed by atoms with Gasteiger partial charge >= 0.3 is 0 Å². The fourth-order valence-corrected chi connectivity index (χ4v) is 6.41. The lowest BCUT2D eigenvalue weighted by molar-refractivity contribution is -0.167. The molecule has 4 unspecified atom stereocenters. The van der Waals surface area contributed by atoms with Gasteiger partial charge in [0.15, 0.2) is 0 Å². The van der Waals surface area contributed by atoms with Crippen LogP contribution in [-0.4, -0.2) is 73.5 Å². The van der Waals surface area contributed by atoms with Gasteiger partial charge in [-0.1, -0.05) is 57.1 Å². The minimum atomic E-state index is -0.871. The van der Waals surface area contributed by atoms with Crippen molar-refractivity contribution in [2.45, 2.75) is 64.8 Å². The Morgan fingerprint density at radius 2 is 1.66 bits per heavy atom. The molecule has 5 rings (SSSR count). The Bertz CT molecular complexity index is 1390. The Labute approximate surface area is 256 Å². The second-order valence-electron chi connectivity index (χ2n) is 12.0. The summed E-state index contributed by atoms with van der Waals surface area (Å²) in [4.78, 5) is 44.7. The zero-order valence-electron chi connectivity index (χ0n) is 25.6. The normalized spacial score (nSPS) is 31.7. The highest BCUT2D eigenvalue weighted by Gasteiger charge is 2.49. The molecule has 0 bridgehead atoms. The van der Waals surface area contributed by atoms with Crippen LogP contribution in [-0.2, 0) is 25.6 Å². The zero-order chi connectivity index (χ0) is 31.5. The van der Waals surface area contributed by atoms with Gasteiger partial charge in [-0.05, 0) is 53.1 Å². The molecule has 44 heavy (non-hydrogen) atoms. The number of nitrogens with one attached hydrogen (secondary N) is 1. The van der Waals surface area contributed by atoms with Gasteiger partial charge < -0.3 is 24.3 Å². The topological polar surface area (TPSA) is 152 Å². The van der Waals surface area contributed by atoms with Crippen molar-refractivity contribution in [3.63, 3.8) is 0 Å². The summed E-state index contributed by atoms with van der Waals surface area (Å²) in [7, 11) is 1.61. The number of methoxy groups -OCH3 is 1. The number of rotatable bonds is 9. The Hall–Kier alpha value is -3.96. The van der Waals surface area contributed by atoms with Crippen LogP contribution in [0.25, 0.3) is 10.4 Å². The molecule has 0 radical (unpaired) electrons. The molecule has 2 saturated heterocycles. The van der Waals surface area contributed by atoms with Crippen LogP contribution in [0.15, 0.2) is 53.6 Å². The molecule has 0 spiro atoms. The van der Waals surface area contributed by atoms with Gasteiger partial charge in [-0.25, -0.2) is 0 Å². The van der Waals surface area contributed by atoms with Crippen LogP contribution in [0.5, 0.6) is 5.75 Å². The lowest BCUT2D eigenvalue weighted by atomic mass is 9.78. The molecule has 3 amide bonds. The Balaban J connectivity index is 1.35. The van der Waals surface area contributed by atoms with E-state index in [1.807, 2.05) is 52.0 Å². The van der Waals surface area contributed by atoms with Crippen molar-refractivity contribution >= 4 is 17.7 Å². The molecule has 3 aliphatic rings. The van der Waals surface area contributed by atoms with E-state index in [4.69, 9.17) is 24.5 Å². The summed E-state index contributed by atoms with van der Waals surface area (Å²) < 4.78 is 23.5. The second kappa shape index (κ2) is 13.4. The van der Waals surface area contributed by atoms with Crippen molar-refractivity contribution in [2.75, 3.05) is 20.3 Å². The summed E-state index contributed by atoms with van der Waals surface area (Å²) in [5, 5.41) is 6.90. The van der Waals surface area contributed by atoms with Gasteiger partial charge in [0.05, 0.1) is 50.1 Å². The number of carbonyl (C=O) groups is 3. The summed E-state index contributed by atoms with van der Waals surface area (Å²) in [6.45, 7) is 8.36. The first-order valence-corrected chi connectivity index (χ1v) is 15.0. The molecular formula is C32H39N5O7. The smallest absolute Gasteiger partial charge is 0.261 e. The number of nitrogens with zero attached hydrogens (tertiary/aromatic N) is 4. The molecule has 3 aliphatic heterocycles. The van der Waals surface area contributed by atoms with Crippen LogP contribution >= 0.6 is 0 Å². The number of imide groups is 1. The van der Waals surface area contributed by atoms with E-state index in [2.05, 4.69) is 15.3 Å². The van der Waals surface area contributed by atoms with Gasteiger partial charge in [-0.3, -0.25) is 19.3 Å². The molecule has 2 aromatic carbocycles. The number of hydrogen-bond acceptors (Lipinski definition) is 8. The van der Waals surface area contributed by atoms with Gasteiger partial charge in [-0.15, -0.1) is 0 Å². The lowest BCUT2D eigenvalue weighted by Gasteiger charge is -2.46. The summed E-state index contributed by atoms with van der Waals surface area (Å²) >= 11 is 0. The Morgan fingerprint density at radius 3 is 2.27 bits per heavy atom. The van der Waals surface area contributed by atoms with Crippen LogP contribution < -0.4 is 10.1 Å². The fraction of sp³-hybridized carbons (Fsp3) is 0.531. The minimum absolute atomic E-state index is 0.0461. The van der Waals surface area contributed by atoms with Crippen LogP contribution in [0.1, 0.15) is 54.0 Å². The lowest BCUT2D eigenvalue weighted by Crippen LogP contribution is -2.64. The Kier molecular flexibility index (Phi) is 9.55. The number of benzene rings is 2. The van der Waals surface area contributed by atoms with E-state index in [0.717, 1.165) is 11.3 Å². The maximum absolute atomic E-state index is 13.8. The van der Waals surface area contributed by atoms with E-state index in [-0.39, 0.29) is 54.6 Å². The molecule has 0 saturated carbocycles. The summed E-state index contributed by atoms with van der Waals surface area (Å²) in [6, 6.07) is 13.0. The SMILES string of the molecule is COc1ccc(COCC2OCC(N3C(=O)c4ccccc4C3=O)[C@@H](C)[C@H]2NC(=O)C2O[C@@H](N=[N+]=[N-])C(C)[C@@H](C)[C@@H]2C)cc1. The second-order valence-corrected chi connectivity index (χ2v) is 12.0. The number of ether oxygens (including phenoxy) is 4.